The van der Waals surface area contributed by atoms with Crippen molar-refractivity contribution >= 4 is 5.91 Å². The first-order chi connectivity index (χ1) is 8.70. The van der Waals surface area contributed by atoms with Crippen molar-refractivity contribution in [2.75, 3.05) is 6.54 Å². The third kappa shape index (κ3) is 2.63. The van der Waals surface area contributed by atoms with Gasteiger partial charge in [-0.2, -0.15) is 0 Å². The van der Waals surface area contributed by atoms with Gasteiger partial charge in [0.25, 0.3) is 5.91 Å². The van der Waals surface area contributed by atoms with Crippen molar-refractivity contribution in [3.63, 3.8) is 0 Å². The number of hydrogen-bond donors (Lipinski definition) is 1. The Bertz CT molecular complexity index is 574. The van der Waals surface area contributed by atoms with E-state index in [1.165, 1.54) is 6.33 Å². The van der Waals surface area contributed by atoms with Crippen LogP contribution in [0.4, 0.5) is 0 Å². The first kappa shape index (κ1) is 12.0. The number of nitrogens with zero attached hydrogens (tertiary/aromatic N) is 3. The van der Waals surface area contributed by atoms with Crippen LogP contribution < -0.4 is 5.32 Å². The molecular weight excluding hydrogens is 228 g/mol. The predicted molar refractivity (Wildman–Crippen MR) is 68.6 cm³/mol. The number of rotatable bonds is 4. The molecule has 1 amide bonds. The zero-order valence-electron chi connectivity index (χ0n) is 10.1. The maximum atomic E-state index is 11.6. The molecule has 1 aromatic carbocycles. The fraction of sp³-hybridized carbons (Fsp3) is 0.154. The minimum absolute atomic E-state index is 0.151. The summed E-state index contributed by atoms with van der Waals surface area (Å²) < 4.78 is 1.58. The second kappa shape index (κ2) is 5.27. The van der Waals surface area contributed by atoms with Gasteiger partial charge in [-0.25, -0.2) is 9.67 Å². The van der Waals surface area contributed by atoms with E-state index in [9.17, 15) is 4.79 Å². The van der Waals surface area contributed by atoms with Gasteiger partial charge in [0.2, 0.25) is 5.82 Å². The quantitative estimate of drug-likeness (QED) is 0.826. The molecule has 0 aliphatic heterocycles. The van der Waals surface area contributed by atoms with E-state index in [0.29, 0.717) is 6.54 Å². The zero-order valence-corrected chi connectivity index (χ0v) is 10.1. The van der Waals surface area contributed by atoms with Crippen molar-refractivity contribution in [2.24, 2.45) is 0 Å². The van der Waals surface area contributed by atoms with Crippen molar-refractivity contribution in [3.05, 3.63) is 54.6 Å². The first-order valence-electron chi connectivity index (χ1n) is 5.58. The molecule has 0 saturated heterocycles. The van der Waals surface area contributed by atoms with Crippen LogP contribution in [0.25, 0.3) is 5.69 Å². The summed E-state index contributed by atoms with van der Waals surface area (Å²) in [4.78, 5) is 15.6. The Morgan fingerprint density at radius 1 is 1.56 bits per heavy atom. The number of benzene rings is 1. The summed E-state index contributed by atoms with van der Waals surface area (Å²) in [6, 6.07) is 7.81. The summed E-state index contributed by atoms with van der Waals surface area (Å²) in [5, 5.41) is 6.76. The minimum Gasteiger partial charge on any atom is -0.346 e. The zero-order chi connectivity index (χ0) is 13.0. The second-order valence-electron chi connectivity index (χ2n) is 3.85. The van der Waals surface area contributed by atoms with E-state index in [-0.39, 0.29) is 11.7 Å². The van der Waals surface area contributed by atoms with Gasteiger partial charge in [-0.05, 0) is 24.6 Å². The normalized spacial score (nSPS) is 10.1. The molecule has 0 aliphatic carbocycles. The highest BCUT2D eigenvalue weighted by Crippen LogP contribution is 2.08. The van der Waals surface area contributed by atoms with Crippen LogP contribution in [-0.4, -0.2) is 27.2 Å². The Labute approximate surface area is 105 Å². The molecule has 5 heteroatoms. The average molecular weight is 242 g/mol. The van der Waals surface area contributed by atoms with Gasteiger partial charge in [0.15, 0.2) is 0 Å². The maximum Gasteiger partial charge on any atom is 0.291 e. The highest BCUT2D eigenvalue weighted by molar-refractivity contribution is 5.90. The van der Waals surface area contributed by atoms with E-state index in [2.05, 4.69) is 22.0 Å². The molecule has 0 unspecified atom stereocenters. The van der Waals surface area contributed by atoms with Crippen LogP contribution in [-0.2, 0) is 0 Å². The van der Waals surface area contributed by atoms with Crippen LogP contribution in [0.5, 0.6) is 0 Å². The largest absolute Gasteiger partial charge is 0.346 e. The third-order valence-corrected chi connectivity index (χ3v) is 2.37. The smallest absolute Gasteiger partial charge is 0.291 e. The maximum absolute atomic E-state index is 11.6. The van der Waals surface area contributed by atoms with Crippen molar-refractivity contribution in [1.29, 1.82) is 0 Å². The van der Waals surface area contributed by atoms with E-state index in [1.54, 1.807) is 10.8 Å². The predicted octanol–water partition coefficient (Wildman–Crippen LogP) is 1.49. The summed E-state index contributed by atoms with van der Waals surface area (Å²) in [5.41, 5.74) is 2.01. The fourth-order valence-electron chi connectivity index (χ4n) is 1.51. The molecule has 1 heterocycles. The molecule has 5 nitrogen and oxygen atoms in total. The number of aromatic nitrogens is 3. The summed E-state index contributed by atoms with van der Waals surface area (Å²) in [6.45, 7) is 5.93. The molecule has 0 spiro atoms. The number of amides is 1. The number of nitrogens with one attached hydrogen (secondary N) is 1. The van der Waals surface area contributed by atoms with Gasteiger partial charge in [-0.1, -0.05) is 18.2 Å². The lowest BCUT2D eigenvalue weighted by Gasteiger charge is -2.01. The standard InChI is InChI=1S/C13H14N4O/c1-3-7-14-13(18)12-15-9-17(16-12)11-6-4-5-10(2)8-11/h3-6,8-9H,1,7H2,2H3,(H,14,18). The van der Waals surface area contributed by atoms with Crippen LogP contribution >= 0.6 is 0 Å². The van der Waals surface area contributed by atoms with Crippen LogP contribution in [0, 0.1) is 6.92 Å². The summed E-state index contributed by atoms with van der Waals surface area (Å²) >= 11 is 0. The molecule has 2 aromatic rings. The lowest BCUT2D eigenvalue weighted by Crippen LogP contribution is -2.24. The van der Waals surface area contributed by atoms with E-state index in [1.807, 2.05) is 31.2 Å². The van der Waals surface area contributed by atoms with Crippen LogP contribution in [0.2, 0.25) is 0 Å². The number of hydrogen-bond acceptors (Lipinski definition) is 3. The van der Waals surface area contributed by atoms with E-state index >= 15 is 0 Å². The average Bonchev–Trinajstić information content (AvgIpc) is 2.85. The number of carbonyl (C=O) groups excluding carboxylic acids is 1. The summed E-state index contributed by atoms with van der Waals surface area (Å²) in [5.74, 6) is -0.153. The van der Waals surface area contributed by atoms with E-state index in [4.69, 9.17) is 0 Å². The molecule has 92 valence electrons. The molecule has 2 rings (SSSR count). The molecular formula is C13H14N4O. The molecule has 0 radical (unpaired) electrons. The van der Waals surface area contributed by atoms with Gasteiger partial charge in [-0.15, -0.1) is 11.7 Å². The third-order valence-electron chi connectivity index (χ3n) is 2.37. The fourth-order valence-corrected chi connectivity index (χ4v) is 1.51. The van der Waals surface area contributed by atoms with Crippen molar-refractivity contribution in [3.8, 4) is 5.69 Å². The van der Waals surface area contributed by atoms with Crippen LogP contribution in [0.1, 0.15) is 16.2 Å². The van der Waals surface area contributed by atoms with Gasteiger partial charge in [0, 0.05) is 6.54 Å². The number of carbonyl (C=O) groups is 1. The van der Waals surface area contributed by atoms with Crippen molar-refractivity contribution < 1.29 is 4.79 Å². The van der Waals surface area contributed by atoms with Gasteiger partial charge >= 0.3 is 0 Å². The molecule has 0 atom stereocenters. The second-order valence-corrected chi connectivity index (χ2v) is 3.85. The van der Waals surface area contributed by atoms with Gasteiger partial charge in [0.1, 0.15) is 6.33 Å². The van der Waals surface area contributed by atoms with Crippen molar-refractivity contribution in [2.45, 2.75) is 6.92 Å². The monoisotopic (exact) mass is 242 g/mol. The van der Waals surface area contributed by atoms with E-state index in [0.717, 1.165) is 11.3 Å². The summed E-state index contributed by atoms with van der Waals surface area (Å²) in [7, 11) is 0. The minimum atomic E-state index is -0.304. The SMILES string of the molecule is C=CCNC(=O)c1ncn(-c2cccc(C)c2)n1. The van der Waals surface area contributed by atoms with Crippen LogP contribution in [0.3, 0.4) is 0 Å². The Kier molecular flexibility index (Phi) is 3.52. The Morgan fingerprint density at radius 2 is 2.39 bits per heavy atom. The topological polar surface area (TPSA) is 59.8 Å². The molecule has 1 N–H and O–H groups in total. The Morgan fingerprint density at radius 3 is 3.11 bits per heavy atom. The van der Waals surface area contributed by atoms with Crippen molar-refractivity contribution in [1.82, 2.24) is 20.1 Å². The first-order valence-corrected chi connectivity index (χ1v) is 5.58. The molecule has 1 aromatic heterocycles. The van der Waals surface area contributed by atoms with Crippen LogP contribution in [0.15, 0.2) is 43.2 Å². The molecule has 0 fully saturated rings. The molecule has 0 saturated carbocycles. The van der Waals surface area contributed by atoms with Gasteiger partial charge in [-0.3, -0.25) is 4.79 Å². The summed E-state index contributed by atoms with van der Waals surface area (Å²) in [6.07, 6.45) is 3.13. The van der Waals surface area contributed by atoms with Gasteiger partial charge < -0.3 is 5.32 Å². The lowest BCUT2D eigenvalue weighted by molar-refractivity contribution is 0.0948. The Balaban J connectivity index is 2.20. The lowest BCUT2D eigenvalue weighted by atomic mass is 10.2. The van der Waals surface area contributed by atoms with E-state index < -0.39 is 0 Å². The van der Waals surface area contributed by atoms with Gasteiger partial charge in [0.05, 0.1) is 5.69 Å². The molecule has 0 bridgehead atoms. The molecule has 0 aliphatic rings. The highest BCUT2D eigenvalue weighted by atomic mass is 16.2. The highest BCUT2D eigenvalue weighted by Gasteiger charge is 2.10. The number of aryl methyl sites for hydroxylation is 1. The molecule has 18 heavy (non-hydrogen) atoms. The Hall–Kier alpha value is -2.43.